The molecule has 2 aromatic heterocycles. The maximum Gasteiger partial charge on any atom is 0.421 e. The third kappa shape index (κ3) is 7.24. The zero-order chi connectivity index (χ0) is 28.2. The summed E-state index contributed by atoms with van der Waals surface area (Å²) in [7, 11) is 0. The molecule has 5 N–H and O–H groups in total. The van der Waals surface area contributed by atoms with Gasteiger partial charge in [-0.3, -0.25) is 14.7 Å². The number of anilines is 3. The van der Waals surface area contributed by atoms with Crippen LogP contribution in [-0.4, -0.2) is 44.1 Å². The second-order valence-corrected chi connectivity index (χ2v) is 9.83. The van der Waals surface area contributed by atoms with Crippen molar-refractivity contribution in [3.63, 3.8) is 0 Å². The van der Waals surface area contributed by atoms with E-state index in [1.165, 1.54) is 0 Å². The predicted octanol–water partition coefficient (Wildman–Crippen LogP) is 4.31. The maximum absolute atomic E-state index is 13.7. The Bertz CT molecular complexity index is 1310. The van der Waals surface area contributed by atoms with Gasteiger partial charge in [0.05, 0.1) is 18.2 Å². The van der Waals surface area contributed by atoms with E-state index in [0.29, 0.717) is 42.4 Å². The number of alkyl halides is 3. The minimum absolute atomic E-state index is 0.0576. The summed E-state index contributed by atoms with van der Waals surface area (Å²) in [5.41, 5.74) is 1.46. The van der Waals surface area contributed by atoms with E-state index in [4.69, 9.17) is 0 Å². The Morgan fingerprint density at radius 2 is 1.90 bits per heavy atom. The van der Waals surface area contributed by atoms with Crippen molar-refractivity contribution in [1.82, 2.24) is 30.8 Å². The van der Waals surface area contributed by atoms with Crippen LogP contribution in [0.5, 0.6) is 0 Å². The van der Waals surface area contributed by atoms with Crippen LogP contribution in [0.4, 0.5) is 30.6 Å². The van der Waals surface area contributed by atoms with Gasteiger partial charge in [0.1, 0.15) is 11.4 Å². The first-order valence-electron chi connectivity index (χ1n) is 12.7. The average Bonchev–Trinajstić information content (AvgIpc) is 3.50. The molecular weight excluding hydrogens is 513 g/mol. The van der Waals surface area contributed by atoms with Gasteiger partial charge in [0, 0.05) is 35.2 Å². The highest BCUT2D eigenvalue weighted by Crippen LogP contribution is 2.36. The number of aromatic nitrogens is 4. The second kappa shape index (κ2) is 11.7. The Hall–Kier alpha value is -4.16. The van der Waals surface area contributed by atoms with Gasteiger partial charge >= 0.3 is 6.18 Å². The van der Waals surface area contributed by atoms with Gasteiger partial charge in [-0.2, -0.15) is 23.3 Å². The molecule has 0 spiro atoms. The van der Waals surface area contributed by atoms with Crippen molar-refractivity contribution < 1.29 is 22.8 Å². The number of hydrogen-bond acceptors (Lipinski definition) is 7. The molecule has 1 aliphatic carbocycles. The number of aryl methyl sites for hydroxylation is 1. The van der Waals surface area contributed by atoms with Crippen LogP contribution in [0.15, 0.2) is 36.5 Å². The second-order valence-electron chi connectivity index (χ2n) is 9.83. The highest BCUT2D eigenvalue weighted by molar-refractivity contribution is 5.94. The lowest BCUT2D eigenvalue weighted by Crippen LogP contribution is -2.41. The van der Waals surface area contributed by atoms with E-state index in [9.17, 15) is 22.8 Å². The van der Waals surface area contributed by atoms with Crippen molar-refractivity contribution in [3.8, 4) is 0 Å². The van der Waals surface area contributed by atoms with Crippen LogP contribution in [0.1, 0.15) is 60.4 Å². The molecule has 208 valence electrons. The molecule has 0 unspecified atom stereocenters. The summed E-state index contributed by atoms with van der Waals surface area (Å²) in [5.74, 6) is -1.40. The molecule has 1 aromatic carbocycles. The summed E-state index contributed by atoms with van der Waals surface area (Å²) in [6, 6.07) is 7.62. The van der Waals surface area contributed by atoms with Crippen LogP contribution in [0.25, 0.3) is 0 Å². The average molecular weight is 545 g/mol. The molecule has 1 fully saturated rings. The molecule has 1 saturated carbocycles. The van der Waals surface area contributed by atoms with Crippen LogP contribution in [-0.2, 0) is 17.5 Å². The Labute approximate surface area is 223 Å². The lowest BCUT2D eigenvalue weighted by Gasteiger charge is -2.24. The Morgan fingerprint density at radius 3 is 2.54 bits per heavy atom. The molecular formula is C26H31F3N8O2. The topological polar surface area (TPSA) is 137 Å². The van der Waals surface area contributed by atoms with Gasteiger partial charge < -0.3 is 21.3 Å². The van der Waals surface area contributed by atoms with Crippen LogP contribution in [0, 0.1) is 12.8 Å². The number of carbonyl (C=O) groups is 2. The van der Waals surface area contributed by atoms with Crippen LogP contribution < -0.4 is 21.3 Å². The summed E-state index contributed by atoms with van der Waals surface area (Å²) in [5, 5.41) is 18.2. The van der Waals surface area contributed by atoms with Crippen molar-refractivity contribution in [2.45, 2.75) is 64.8 Å². The van der Waals surface area contributed by atoms with Crippen LogP contribution in [0.2, 0.25) is 0 Å². The lowest BCUT2D eigenvalue weighted by molar-refractivity contribution is -0.137. The Morgan fingerprint density at radius 1 is 1.15 bits per heavy atom. The Balaban J connectivity index is 1.46. The van der Waals surface area contributed by atoms with Crippen molar-refractivity contribution in [2.24, 2.45) is 5.92 Å². The standard InChI is InChI=1S/C26H31F3N8O2/c1-14(2)32-24(39)19-5-4-6-21(19)34-22-20(26(27,28)29)13-31-25(35-22)33-17-9-7-16(8-10-17)23(38)30-12-18-11-15(3)36-37-18/h7-11,13-14,19,21H,4-6,12H2,1-3H3,(H,30,38)(H,32,39)(H,36,37)(H2,31,33,34,35)/t19-,21+/m0/s1. The minimum atomic E-state index is -4.68. The van der Waals surface area contributed by atoms with E-state index in [2.05, 4.69) is 41.4 Å². The summed E-state index contributed by atoms with van der Waals surface area (Å²) in [6.45, 7) is 5.79. The smallest absolute Gasteiger partial charge is 0.366 e. The van der Waals surface area contributed by atoms with E-state index < -0.39 is 23.7 Å². The zero-order valence-electron chi connectivity index (χ0n) is 21.8. The quantitative estimate of drug-likeness (QED) is 0.271. The van der Waals surface area contributed by atoms with E-state index in [1.807, 2.05) is 26.8 Å². The van der Waals surface area contributed by atoms with Gasteiger partial charge in [-0.05, 0) is 63.9 Å². The number of H-pyrrole nitrogens is 1. The SMILES string of the molecule is Cc1cc(CNC(=O)c2ccc(Nc3ncc(C(F)(F)F)c(N[C@@H]4CCC[C@@H]4C(=O)NC(C)C)n3)cc2)n[nH]1. The molecule has 0 radical (unpaired) electrons. The van der Waals surface area contributed by atoms with E-state index >= 15 is 0 Å². The largest absolute Gasteiger partial charge is 0.421 e. The van der Waals surface area contributed by atoms with Gasteiger partial charge in [0.2, 0.25) is 11.9 Å². The van der Waals surface area contributed by atoms with E-state index in [1.54, 1.807) is 24.3 Å². The maximum atomic E-state index is 13.7. The number of nitrogens with zero attached hydrogens (tertiary/aromatic N) is 3. The fourth-order valence-corrected chi connectivity index (χ4v) is 4.45. The lowest BCUT2D eigenvalue weighted by atomic mass is 10.0. The number of nitrogens with one attached hydrogen (secondary N) is 5. The van der Waals surface area contributed by atoms with Gasteiger partial charge in [0.25, 0.3) is 5.91 Å². The highest BCUT2D eigenvalue weighted by Gasteiger charge is 2.39. The monoisotopic (exact) mass is 544 g/mol. The van der Waals surface area contributed by atoms with Crippen LogP contribution in [0.3, 0.4) is 0 Å². The molecule has 0 aliphatic heterocycles. The van der Waals surface area contributed by atoms with E-state index in [-0.39, 0.29) is 36.2 Å². The number of aromatic amines is 1. The predicted molar refractivity (Wildman–Crippen MR) is 139 cm³/mol. The normalized spacial score (nSPS) is 17.2. The third-order valence-corrected chi connectivity index (χ3v) is 6.29. The highest BCUT2D eigenvalue weighted by atomic mass is 19.4. The molecule has 3 aromatic rings. The third-order valence-electron chi connectivity index (χ3n) is 6.29. The molecule has 1 aliphatic rings. The molecule has 10 nitrogen and oxygen atoms in total. The molecule has 39 heavy (non-hydrogen) atoms. The number of benzene rings is 1. The van der Waals surface area contributed by atoms with Gasteiger partial charge in [-0.15, -0.1) is 0 Å². The number of amides is 2. The van der Waals surface area contributed by atoms with E-state index in [0.717, 1.165) is 5.69 Å². The zero-order valence-corrected chi connectivity index (χ0v) is 21.8. The Kier molecular flexibility index (Phi) is 8.36. The van der Waals surface area contributed by atoms with Crippen molar-refractivity contribution >= 4 is 29.3 Å². The van der Waals surface area contributed by atoms with Crippen molar-refractivity contribution in [2.75, 3.05) is 10.6 Å². The van der Waals surface area contributed by atoms with Gasteiger partial charge in [-0.25, -0.2) is 4.98 Å². The minimum Gasteiger partial charge on any atom is -0.366 e. The molecule has 2 atom stereocenters. The first-order chi connectivity index (χ1) is 18.5. The fraction of sp³-hybridized carbons (Fsp3) is 0.423. The first-order valence-corrected chi connectivity index (χ1v) is 12.7. The molecule has 4 rings (SSSR count). The van der Waals surface area contributed by atoms with Crippen molar-refractivity contribution in [1.29, 1.82) is 0 Å². The molecule has 2 amide bonds. The number of halogens is 3. The summed E-state index contributed by atoms with van der Waals surface area (Å²) >= 11 is 0. The number of hydrogen-bond donors (Lipinski definition) is 5. The van der Waals surface area contributed by atoms with Crippen LogP contribution >= 0.6 is 0 Å². The van der Waals surface area contributed by atoms with Gasteiger partial charge in [-0.1, -0.05) is 6.42 Å². The summed E-state index contributed by atoms with van der Waals surface area (Å²) in [4.78, 5) is 33.0. The van der Waals surface area contributed by atoms with Crippen molar-refractivity contribution in [3.05, 3.63) is 59.0 Å². The first kappa shape index (κ1) is 27.9. The fourth-order valence-electron chi connectivity index (χ4n) is 4.45. The molecule has 0 bridgehead atoms. The summed E-state index contributed by atoms with van der Waals surface area (Å²) < 4.78 is 41.2. The molecule has 0 saturated heterocycles. The number of rotatable bonds is 9. The van der Waals surface area contributed by atoms with Gasteiger partial charge in [0.15, 0.2) is 0 Å². The molecule has 2 heterocycles. The summed E-state index contributed by atoms with van der Waals surface area (Å²) in [6.07, 6.45) is -2.13. The number of carbonyl (C=O) groups excluding carboxylic acids is 2. The molecule has 13 heteroatoms.